The van der Waals surface area contributed by atoms with Crippen LogP contribution in [0.5, 0.6) is 0 Å². The van der Waals surface area contributed by atoms with Gasteiger partial charge >= 0.3 is 5.97 Å². The number of carbonyl (C=O) groups is 1. The van der Waals surface area contributed by atoms with Gasteiger partial charge in [-0.15, -0.1) is 0 Å². The van der Waals surface area contributed by atoms with Crippen LogP contribution in [-0.2, 0) is 4.74 Å². The molecular weight excluding hydrogens is 544 g/mol. The second kappa shape index (κ2) is 11.5. The van der Waals surface area contributed by atoms with E-state index in [0.717, 1.165) is 53.3 Å². The first-order valence-corrected chi connectivity index (χ1v) is 16.7. The molecule has 0 heterocycles. The molecular formula is C36H51BrO2. The van der Waals surface area contributed by atoms with Gasteiger partial charge in [-0.25, -0.2) is 4.79 Å². The molecule has 3 fully saturated rings. The molecule has 0 aliphatic heterocycles. The Hall–Kier alpha value is -1.35. The molecule has 3 saturated carbocycles. The van der Waals surface area contributed by atoms with E-state index in [9.17, 15) is 4.79 Å². The number of hydrogen-bond donors (Lipinski definition) is 0. The van der Waals surface area contributed by atoms with Gasteiger partial charge in [0.05, 0.1) is 5.56 Å². The van der Waals surface area contributed by atoms with Crippen LogP contribution in [0, 0.1) is 52.3 Å². The van der Waals surface area contributed by atoms with Crippen LogP contribution >= 0.6 is 15.9 Å². The maximum atomic E-state index is 12.8. The summed E-state index contributed by atoms with van der Waals surface area (Å²) in [7, 11) is 0. The third-order valence-corrected chi connectivity index (χ3v) is 12.6. The van der Waals surface area contributed by atoms with Gasteiger partial charge in [-0.1, -0.05) is 81.3 Å². The Kier molecular flexibility index (Phi) is 8.59. The van der Waals surface area contributed by atoms with E-state index in [1.165, 1.54) is 38.5 Å². The fourth-order valence-electron chi connectivity index (χ4n) is 9.72. The van der Waals surface area contributed by atoms with Crippen molar-refractivity contribution >= 4 is 21.9 Å². The zero-order valence-electron chi connectivity index (χ0n) is 25.2. The average Bonchev–Trinajstić information content (AvgIpc) is 3.26. The number of allylic oxidation sites excluding steroid dienone is 3. The van der Waals surface area contributed by atoms with E-state index in [2.05, 4.69) is 75.7 Å². The fraction of sp³-hybridized carbons (Fsp3) is 0.694. The molecule has 0 bridgehead atoms. The van der Waals surface area contributed by atoms with Gasteiger partial charge in [0.25, 0.3) is 0 Å². The van der Waals surface area contributed by atoms with Crippen LogP contribution in [0.3, 0.4) is 0 Å². The highest BCUT2D eigenvalue weighted by atomic mass is 79.9. The van der Waals surface area contributed by atoms with E-state index in [0.29, 0.717) is 22.8 Å². The Balaban J connectivity index is 1.27. The van der Waals surface area contributed by atoms with Gasteiger partial charge in [-0.2, -0.15) is 0 Å². The summed E-state index contributed by atoms with van der Waals surface area (Å²) in [6, 6.07) is 7.52. The second-order valence-electron chi connectivity index (χ2n) is 14.3. The number of benzene rings is 1. The Morgan fingerprint density at radius 3 is 2.46 bits per heavy atom. The third-order valence-electron chi connectivity index (χ3n) is 12.1. The van der Waals surface area contributed by atoms with Crippen LogP contribution in [0.25, 0.3) is 0 Å². The van der Waals surface area contributed by atoms with Gasteiger partial charge in [0.15, 0.2) is 0 Å². The van der Waals surface area contributed by atoms with Crippen molar-refractivity contribution in [3.05, 3.63) is 58.1 Å². The number of hydrogen-bond acceptors (Lipinski definition) is 2. The van der Waals surface area contributed by atoms with E-state index in [1.54, 1.807) is 5.57 Å². The monoisotopic (exact) mass is 594 g/mol. The molecule has 0 amide bonds. The Morgan fingerprint density at radius 1 is 1.03 bits per heavy atom. The fourth-order valence-corrected chi connectivity index (χ4v) is 9.98. The molecule has 0 N–H and O–H groups in total. The first kappa shape index (κ1) is 29.2. The van der Waals surface area contributed by atoms with E-state index in [-0.39, 0.29) is 17.5 Å². The standard InChI is InChI=1S/C36H51BrO2/c1-7-25(23(2)3)9-8-24(4)31-16-17-32-30-15-12-27-22-29(39-34(38)26-10-13-28(37)14-11-26)18-20-35(27,5)33(30)19-21-36(31,32)6/h8-14,23-25,29-33H,7,15-22H2,1-6H3/b9-8+/t24-,25-,29+,30+,31-,32+,33+,35+,36-/m1/s1. The largest absolute Gasteiger partial charge is 0.458 e. The van der Waals surface area contributed by atoms with Crippen molar-refractivity contribution in [3.8, 4) is 0 Å². The number of rotatable bonds is 7. The molecule has 0 unspecified atom stereocenters. The van der Waals surface area contributed by atoms with E-state index < -0.39 is 0 Å². The topological polar surface area (TPSA) is 26.3 Å². The van der Waals surface area contributed by atoms with E-state index in [1.807, 2.05) is 24.3 Å². The SMILES string of the molecule is CC[C@H](/C=C/[C@@H](C)[C@H]1CC[C@H]2[C@@H]3CC=C4C[C@@H](OC(=O)c5ccc(Br)cc5)CC[C@]4(C)[C@H]3CC[C@]12C)C(C)C. The summed E-state index contributed by atoms with van der Waals surface area (Å²) in [5.74, 6) is 5.20. The normalized spacial score (nSPS) is 37.5. The highest BCUT2D eigenvalue weighted by molar-refractivity contribution is 9.10. The minimum atomic E-state index is -0.183. The molecule has 0 aromatic heterocycles. The zero-order valence-corrected chi connectivity index (χ0v) is 26.8. The minimum Gasteiger partial charge on any atom is -0.458 e. The highest BCUT2D eigenvalue weighted by Crippen LogP contribution is 2.67. The molecule has 4 aliphatic rings. The predicted octanol–water partition coefficient (Wildman–Crippen LogP) is 10.4. The van der Waals surface area contributed by atoms with Gasteiger partial charge in [0, 0.05) is 10.9 Å². The van der Waals surface area contributed by atoms with Gasteiger partial charge in [0.2, 0.25) is 0 Å². The molecule has 0 radical (unpaired) electrons. The van der Waals surface area contributed by atoms with Gasteiger partial charge in [-0.05, 0) is 128 Å². The second-order valence-corrected chi connectivity index (χ2v) is 15.2. The van der Waals surface area contributed by atoms with Gasteiger partial charge < -0.3 is 4.74 Å². The summed E-state index contributed by atoms with van der Waals surface area (Å²) >= 11 is 3.45. The average molecular weight is 596 g/mol. The molecule has 3 heteroatoms. The maximum absolute atomic E-state index is 12.8. The van der Waals surface area contributed by atoms with Crippen LogP contribution < -0.4 is 0 Å². The number of carbonyl (C=O) groups excluding carboxylic acids is 1. The summed E-state index contributed by atoms with van der Waals surface area (Å²) in [5.41, 5.74) is 2.98. The maximum Gasteiger partial charge on any atom is 0.338 e. The van der Waals surface area contributed by atoms with Crippen molar-refractivity contribution in [3.63, 3.8) is 0 Å². The van der Waals surface area contributed by atoms with Crippen LogP contribution in [0.15, 0.2) is 52.5 Å². The Morgan fingerprint density at radius 2 is 1.77 bits per heavy atom. The van der Waals surface area contributed by atoms with E-state index in [4.69, 9.17) is 4.74 Å². The Labute approximate surface area is 246 Å². The Bertz CT molecular complexity index is 1090. The van der Waals surface area contributed by atoms with Crippen molar-refractivity contribution < 1.29 is 9.53 Å². The van der Waals surface area contributed by atoms with Crippen molar-refractivity contribution in [2.45, 2.75) is 105 Å². The van der Waals surface area contributed by atoms with Gasteiger partial charge in [-0.3, -0.25) is 0 Å². The van der Waals surface area contributed by atoms with Crippen LogP contribution in [0.4, 0.5) is 0 Å². The summed E-state index contributed by atoms with van der Waals surface area (Å²) in [4.78, 5) is 12.8. The number of fused-ring (bicyclic) bond motifs is 5. The lowest BCUT2D eigenvalue weighted by molar-refractivity contribution is -0.0565. The summed E-state index contributed by atoms with van der Waals surface area (Å²) in [6.45, 7) is 14.8. The van der Waals surface area contributed by atoms with Crippen LogP contribution in [-0.4, -0.2) is 12.1 Å². The molecule has 5 rings (SSSR count). The number of halogens is 1. The third kappa shape index (κ3) is 5.47. The summed E-state index contributed by atoms with van der Waals surface area (Å²) in [6.07, 6.45) is 18.8. The number of esters is 1. The van der Waals surface area contributed by atoms with Crippen LogP contribution in [0.1, 0.15) is 110 Å². The molecule has 9 atom stereocenters. The number of ether oxygens (including phenoxy) is 1. The lowest BCUT2D eigenvalue weighted by Gasteiger charge is -2.58. The molecule has 1 aromatic carbocycles. The molecule has 0 spiro atoms. The first-order valence-electron chi connectivity index (χ1n) is 15.9. The van der Waals surface area contributed by atoms with Crippen molar-refractivity contribution in [1.82, 2.24) is 0 Å². The lowest BCUT2D eigenvalue weighted by Crippen LogP contribution is -2.51. The molecule has 1 aromatic rings. The molecule has 4 aliphatic carbocycles. The van der Waals surface area contributed by atoms with Crippen molar-refractivity contribution in [1.29, 1.82) is 0 Å². The minimum absolute atomic E-state index is 0.00663. The molecule has 39 heavy (non-hydrogen) atoms. The zero-order chi connectivity index (χ0) is 27.9. The predicted molar refractivity (Wildman–Crippen MR) is 165 cm³/mol. The highest BCUT2D eigenvalue weighted by Gasteiger charge is 2.59. The van der Waals surface area contributed by atoms with Crippen molar-refractivity contribution in [2.75, 3.05) is 0 Å². The lowest BCUT2D eigenvalue weighted by atomic mass is 9.47. The first-order chi connectivity index (χ1) is 18.6. The smallest absolute Gasteiger partial charge is 0.338 e. The molecule has 0 saturated heterocycles. The molecule has 214 valence electrons. The van der Waals surface area contributed by atoms with Gasteiger partial charge in [0.1, 0.15) is 6.10 Å². The van der Waals surface area contributed by atoms with E-state index >= 15 is 0 Å². The summed E-state index contributed by atoms with van der Waals surface area (Å²) in [5, 5.41) is 0. The van der Waals surface area contributed by atoms with Crippen LogP contribution in [0.2, 0.25) is 0 Å². The summed E-state index contributed by atoms with van der Waals surface area (Å²) < 4.78 is 7.01. The molecule has 2 nitrogen and oxygen atoms in total. The quantitative estimate of drug-likeness (QED) is 0.232. The van der Waals surface area contributed by atoms with Crippen molar-refractivity contribution in [2.24, 2.45) is 52.3 Å².